The Balaban J connectivity index is 1.92. The molecule has 21 heavy (non-hydrogen) atoms. The highest BCUT2D eigenvalue weighted by Gasteiger charge is 2.31. The second kappa shape index (κ2) is 7.08. The maximum absolute atomic E-state index is 12.3. The molecule has 0 bridgehead atoms. The third-order valence-electron chi connectivity index (χ3n) is 3.48. The van der Waals surface area contributed by atoms with Gasteiger partial charge in [0.2, 0.25) is 0 Å². The zero-order valence-corrected chi connectivity index (χ0v) is 11.9. The van der Waals surface area contributed by atoms with Gasteiger partial charge in [-0.05, 0) is 30.7 Å². The van der Waals surface area contributed by atoms with Crippen molar-refractivity contribution in [2.75, 3.05) is 33.4 Å². The van der Waals surface area contributed by atoms with E-state index in [1.54, 1.807) is 36.3 Å². The standard InChI is InChI=1S/C15H19NO5/c1-20-8-9-21-13-4-2-11(3-5-13)14(17)16-7-6-12(10-16)15(18)19/h2-5,12H,6-10H2,1H3,(H,18,19). The van der Waals surface area contributed by atoms with Crippen LogP contribution in [-0.2, 0) is 9.53 Å². The Hall–Kier alpha value is -2.08. The molecule has 114 valence electrons. The molecular formula is C15H19NO5. The zero-order valence-electron chi connectivity index (χ0n) is 11.9. The summed E-state index contributed by atoms with van der Waals surface area (Å²) in [6.45, 7) is 1.73. The molecule has 1 saturated heterocycles. The number of amides is 1. The lowest BCUT2D eigenvalue weighted by atomic mass is 10.1. The molecule has 1 aromatic carbocycles. The number of carbonyl (C=O) groups excluding carboxylic acids is 1. The molecule has 6 heteroatoms. The van der Waals surface area contributed by atoms with Crippen LogP contribution in [0.5, 0.6) is 5.75 Å². The third kappa shape index (κ3) is 3.95. The SMILES string of the molecule is COCCOc1ccc(C(=O)N2CCC(C(=O)O)C2)cc1. The Labute approximate surface area is 123 Å². The van der Waals surface area contributed by atoms with Gasteiger partial charge in [-0.2, -0.15) is 0 Å². The number of hydrogen-bond donors (Lipinski definition) is 1. The molecule has 0 saturated carbocycles. The lowest BCUT2D eigenvalue weighted by Crippen LogP contribution is -2.29. The normalized spacial score (nSPS) is 17.8. The first kappa shape index (κ1) is 15.3. The first-order valence-corrected chi connectivity index (χ1v) is 6.85. The first-order valence-electron chi connectivity index (χ1n) is 6.85. The van der Waals surface area contributed by atoms with Gasteiger partial charge in [0.05, 0.1) is 12.5 Å². The van der Waals surface area contributed by atoms with Crippen LogP contribution < -0.4 is 4.74 Å². The van der Waals surface area contributed by atoms with Crippen molar-refractivity contribution in [3.63, 3.8) is 0 Å². The predicted octanol–water partition coefficient (Wildman–Crippen LogP) is 1.26. The second-order valence-corrected chi connectivity index (χ2v) is 4.94. The molecular weight excluding hydrogens is 274 g/mol. The van der Waals surface area contributed by atoms with Gasteiger partial charge in [-0.15, -0.1) is 0 Å². The fraction of sp³-hybridized carbons (Fsp3) is 0.467. The van der Waals surface area contributed by atoms with E-state index in [0.29, 0.717) is 37.5 Å². The lowest BCUT2D eigenvalue weighted by molar-refractivity contribution is -0.141. The molecule has 1 N–H and O–H groups in total. The van der Waals surface area contributed by atoms with Crippen molar-refractivity contribution in [2.45, 2.75) is 6.42 Å². The Kier molecular flexibility index (Phi) is 5.16. The summed E-state index contributed by atoms with van der Waals surface area (Å²) in [4.78, 5) is 24.8. The molecule has 1 aliphatic rings. The maximum Gasteiger partial charge on any atom is 0.308 e. The highest BCUT2D eigenvalue weighted by Crippen LogP contribution is 2.20. The van der Waals surface area contributed by atoms with Crippen LogP contribution in [0.4, 0.5) is 0 Å². The third-order valence-corrected chi connectivity index (χ3v) is 3.48. The molecule has 0 spiro atoms. The Morgan fingerprint density at radius 2 is 2.00 bits per heavy atom. The van der Waals surface area contributed by atoms with Gasteiger partial charge < -0.3 is 19.5 Å². The summed E-state index contributed by atoms with van der Waals surface area (Å²) in [7, 11) is 1.60. The van der Waals surface area contributed by atoms with Gasteiger partial charge in [0, 0.05) is 25.8 Å². The van der Waals surface area contributed by atoms with E-state index in [2.05, 4.69) is 0 Å². The van der Waals surface area contributed by atoms with Crippen molar-refractivity contribution < 1.29 is 24.2 Å². The largest absolute Gasteiger partial charge is 0.491 e. The number of methoxy groups -OCH3 is 1. The number of likely N-dealkylation sites (tertiary alicyclic amines) is 1. The average molecular weight is 293 g/mol. The van der Waals surface area contributed by atoms with Crippen LogP contribution in [0.25, 0.3) is 0 Å². The maximum atomic E-state index is 12.3. The van der Waals surface area contributed by atoms with Crippen molar-refractivity contribution in [2.24, 2.45) is 5.92 Å². The lowest BCUT2D eigenvalue weighted by Gasteiger charge is -2.16. The van der Waals surface area contributed by atoms with Crippen LogP contribution in [0, 0.1) is 5.92 Å². The fourth-order valence-corrected chi connectivity index (χ4v) is 2.27. The van der Waals surface area contributed by atoms with Crippen molar-refractivity contribution in [1.29, 1.82) is 0 Å². The highest BCUT2D eigenvalue weighted by atomic mass is 16.5. The number of benzene rings is 1. The number of carboxylic acid groups (broad SMARTS) is 1. The van der Waals surface area contributed by atoms with Crippen LogP contribution in [0.15, 0.2) is 24.3 Å². The summed E-state index contributed by atoms with van der Waals surface area (Å²) in [5.41, 5.74) is 0.542. The van der Waals surface area contributed by atoms with Crippen LogP contribution in [0.2, 0.25) is 0 Å². The van der Waals surface area contributed by atoms with Gasteiger partial charge in [-0.25, -0.2) is 0 Å². The Morgan fingerprint density at radius 1 is 1.29 bits per heavy atom. The van der Waals surface area contributed by atoms with E-state index in [9.17, 15) is 9.59 Å². The topological polar surface area (TPSA) is 76.1 Å². The monoisotopic (exact) mass is 293 g/mol. The number of nitrogens with zero attached hydrogens (tertiary/aromatic N) is 1. The number of carboxylic acids is 1. The van der Waals surface area contributed by atoms with E-state index >= 15 is 0 Å². The molecule has 1 fully saturated rings. The number of hydrogen-bond acceptors (Lipinski definition) is 4. The molecule has 0 radical (unpaired) electrons. The van der Waals surface area contributed by atoms with Crippen molar-refractivity contribution in [3.8, 4) is 5.75 Å². The van der Waals surface area contributed by atoms with Gasteiger partial charge >= 0.3 is 5.97 Å². The summed E-state index contributed by atoms with van der Waals surface area (Å²) in [5, 5.41) is 8.96. The minimum Gasteiger partial charge on any atom is -0.491 e. The number of ether oxygens (including phenoxy) is 2. The van der Waals surface area contributed by atoms with Gasteiger partial charge in [-0.1, -0.05) is 0 Å². The van der Waals surface area contributed by atoms with Crippen molar-refractivity contribution in [3.05, 3.63) is 29.8 Å². The zero-order chi connectivity index (χ0) is 15.2. The van der Waals surface area contributed by atoms with Crippen molar-refractivity contribution in [1.82, 2.24) is 4.90 Å². The summed E-state index contributed by atoms with van der Waals surface area (Å²) >= 11 is 0. The first-order chi connectivity index (χ1) is 10.1. The molecule has 1 aromatic rings. The van der Waals surface area contributed by atoms with Gasteiger partial charge in [0.1, 0.15) is 12.4 Å². The van der Waals surface area contributed by atoms with Crippen molar-refractivity contribution >= 4 is 11.9 Å². The number of aliphatic carboxylic acids is 1. The predicted molar refractivity (Wildman–Crippen MR) is 75.5 cm³/mol. The van der Waals surface area contributed by atoms with Crippen LogP contribution in [0.3, 0.4) is 0 Å². The van der Waals surface area contributed by atoms with Gasteiger partial charge in [0.15, 0.2) is 0 Å². The van der Waals surface area contributed by atoms with E-state index in [0.717, 1.165) is 0 Å². The molecule has 6 nitrogen and oxygen atoms in total. The molecule has 1 heterocycles. The van der Waals surface area contributed by atoms with E-state index in [-0.39, 0.29) is 12.5 Å². The van der Waals surface area contributed by atoms with E-state index in [1.807, 2.05) is 0 Å². The van der Waals surface area contributed by atoms with E-state index < -0.39 is 11.9 Å². The minimum absolute atomic E-state index is 0.137. The number of carbonyl (C=O) groups is 2. The smallest absolute Gasteiger partial charge is 0.308 e. The average Bonchev–Trinajstić information content (AvgIpc) is 2.97. The summed E-state index contributed by atoms with van der Waals surface area (Å²) in [6.07, 6.45) is 0.513. The molecule has 1 amide bonds. The Bertz CT molecular complexity index is 499. The fourth-order valence-electron chi connectivity index (χ4n) is 2.27. The Morgan fingerprint density at radius 3 is 2.57 bits per heavy atom. The van der Waals surface area contributed by atoms with Gasteiger partial charge in [0.25, 0.3) is 5.91 Å². The summed E-state index contributed by atoms with van der Waals surface area (Å²) in [5.74, 6) is -0.756. The highest BCUT2D eigenvalue weighted by molar-refractivity contribution is 5.94. The van der Waals surface area contributed by atoms with Crippen LogP contribution in [0.1, 0.15) is 16.8 Å². The quantitative estimate of drug-likeness (QED) is 0.799. The van der Waals surface area contributed by atoms with Crippen LogP contribution in [-0.4, -0.2) is 55.3 Å². The molecule has 1 unspecified atom stereocenters. The van der Waals surface area contributed by atoms with Crippen LogP contribution >= 0.6 is 0 Å². The minimum atomic E-state index is -0.841. The molecule has 0 aliphatic carbocycles. The molecule has 2 rings (SSSR count). The summed E-state index contributed by atoms with van der Waals surface area (Å²) in [6, 6.07) is 6.85. The van der Waals surface area contributed by atoms with E-state index in [4.69, 9.17) is 14.6 Å². The number of rotatable bonds is 6. The van der Waals surface area contributed by atoms with E-state index in [1.165, 1.54) is 0 Å². The summed E-state index contributed by atoms with van der Waals surface area (Å²) < 4.78 is 10.3. The molecule has 1 aliphatic heterocycles. The molecule has 0 aromatic heterocycles. The van der Waals surface area contributed by atoms with Gasteiger partial charge in [-0.3, -0.25) is 9.59 Å². The molecule has 1 atom stereocenters. The second-order valence-electron chi connectivity index (χ2n) is 4.94.